The van der Waals surface area contributed by atoms with Crippen LogP contribution in [0.2, 0.25) is 0 Å². The van der Waals surface area contributed by atoms with Gasteiger partial charge in [-0.05, 0) is 31.0 Å². The molecule has 0 saturated heterocycles. The summed E-state index contributed by atoms with van der Waals surface area (Å²) in [5, 5.41) is 5.63. The molecule has 0 aliphatic carbocycles. The van der Waals surface area contributed by atoms with E-state index in [2.05, 4.69) is 10.6 Å². The van der Waals surface area contributed by atoms with Gasteiger partial charge < -0.3 is 10.6 Å². The molecule has 4 heteroatoms. The highest BCUT2D eigenvalue weighted by Crippen LogP contribution is 2.20. The number of rotatable bonds is 5. The van der Waals surface area contributed by atoms with E-state index in [1.54, 1.807) is 13.0 Å². The van der Waals surface area contributed by atoms with Crippen LogP contribution >= 0.6 is 0 Å². The summed E-state index contributed by atoms with van der Waals surface area (Å²) in [6.07, 6.45) is 1.76. The Hall–Kier alpha value is -1.84. The Morgan fingerprint density at radius 1 is 1.11 bits per heavy atom. The fourth-order valence-electron chi connectivity index (χ4n) is 1.52. The largest absolute Gasteiger partial charge is 0.326 e. The molecule has 0 heterocycles. The molecule has 2 amide bonds. The number of hydrogen-bond acceptors (Lipinski definition) is 2. The highest BCUT2D eigenvalue weighted by molar-refractivity contribution is 5.94. The average Bonchev–Trinajstić information content (AvgIpc) is 2.33. The standard InChI is InChI=1S/C14H20N2O2/c1-4-6-14(18)16-12-9-11(8-7-10(12)3)15-13(17)5-2/h7-9H,4-6H2,1-3H3,(H,15,17)(H,16,18). The van der Waals surface area contributed by atoms with Crippen LogP contribution in [-0.4, -0.2) is 11.8 Å². The molecule has 0 spiro atoms. The minimum absolute atomic E-state index is 0.000400. The predicted molar refractivity (Wildman–Crippen MR) is 73.6 cm³/mol. The summed E-state index contributed by atoms with van der Waals surface area (Å²) < 4.78 is 0. The first kappa shape index (κ1) is 14.2. The van der Waals surface area contributed by atoms with Gasteiger partial charge in [0.1, 0.15) is 0 Å². The van der Waals surface area contributed by atoms with E-state index in [9.17, 15) is 9.59 Å². The van der Waals surface area contributed by atoms with Crippen LogP contribution in [0.15, 0.2) is 18.2 Å². The number of carbonyl (C=O) groups is 2. The maximum atomic E-state index is 11.6. The Balaban J connectivity index is 2.80. The van der Waals surface area contributed by atoms with E-state index in [0.29, 0.717) is 18.5 Å². The minimum atomic E-state index is -0.0373. The fourth-order valence-corrected chi connectivity index (χ4v) is 1.52. The lowest BCUT2D eigenvalue weighted by molar-refractivity contribution is -0.116. The van der Waals surface area contributed by atoms with Gasteiger partial charge in [-0.1, -0.05) is 19.9 Å². The van der Waals surface area contributed by atoms with Crippen molar-refractivity contribution in [3.63, 3.8) is 0 Å². The molecular formula is C14H20N2O2. The lowest BCUT2D eigenvalue weighted by Crippen LogP contribution is -2.13. The van der Waals surface area contributed by atoms with E-state index in [1.165, 1.54) is 0 Å². The zero-order chi connectivity index (χ0) is 13.5. The van der Waals surface area contributed by atoms with Crippen molar-refractivity contribution in [2.75, 3.05) is 10.6 Å². The number of amides is 2. The first-order valence-electron chi connectivity index (χ1n) is 6.27. The van der Waals surface area contributed by atoms with Crippen molar-refractivity contribution >= 4 is 23.2 Å². The maximum absolute atomic E-state index is 11.6. The van der Waals surface area contributed by atoms with E-state index < -0.39 is 0 Å². The Bertz CT molecular complexity index is 441. The van der Waals surface area contributed by atoms with E-state index >= 15 is 0 Å². The Kier molecular flexibility index (Phi) is 5.36. The molecule has 0 aliphatic rings. The smallest absolute Gasteiger partial charge is 0.224 e. The van der Waals surface area contributed by atoms with Crippen LogP contribution in [0.25, 0.3) is 0 Å². The number of nitrogens with one attached hydrogen (secondary N) is 2. The zero-order valence-corrected chi connectivity index (χ0v) is 11.2. The van der Waals surface area contributed by atoms with Gasteiger partial charge in [-0.3, -0.25) is 9.59 Å². The molecule has 1 aromatic carbocycles. The van der Waals surface area contributed by atoms with Crippen molar-refractivity contribution in [2.45, 2.75) is 40.0 Å². The van der Waals surface area contributed by atoms with E-state index in [-0.39, 0.29) is 11.8 Å². The summed E-state index contributed by atoms with van der Waals surface area (Å²) in [5.41, 5.74) is 2.44. The molecule has 0 unspecified atom stereocenters. The van der Waals surface area contributed by atoms with Crippen molar-refractivity contribution in [2.24, 2.45) is 0 Å². The molecule has 0 atom stereocenters. The number of aryl methyl sites for hydroxylation is 1. The zero-order valence-electron chi connectivity index (χ0n) is 11.2. The average molecular weight is 248 g/mol. The summed E-state index contributed by atoms with van der Waals surface area (Å²) >= 11 is 0. The van der Waals surface area contributed by atoms with Gasteiger partial charge in [-0.15, -0.1) is 0 Å². The van der Waals surface area contributed by atoms with Crippen LogP contribution in [0.3, 0.4) is 0 Å². The highest BCUT2D eigenvalue weighted by Gasteiger charge is 2.06. The van der Waals surface area contributed by atoms with Gasteiger partial charge in [0.2, 0.25) is 11.8 Å². The van der Waals surface area contributed by atoms with Crippen molar-refractivity contribution in [1.82, 2.24) is 0 Å². The van der Waals surface area contributed by atoms with Crippen molar-refractivity contribution in [3.8, 4) is 0 Å². The van der Waals surface area contributed by atoms with Gasteiger partial charge in [0.25, 0.3) is 0 Å². The van der Waals surface area contributed by atoms with Gasteiger partial charge in [-0.2, -0.15) is 0 Å². The van der Waals surface area contributed by atoms with Crippen LogP contribution in [0.4, 0.5) is 11.4 Å². The lowest BCUT2D eigenvalue weighted by atomic mass is 10.1. The fraction of sp³-hybridized carbons (Fsp3) is 0.429. The molecule has 98 valence electrons. The second-order valence-corrected chi connectivity index (χ2v) is 4.23. The first-order valence-corrected chi connectivity index (χ1v) is 6.27. The molecule has 0 aliphatic heterocycles. The molecule has 4 nitrogen and oxygen atoms in total. The van der Waals surface area contributed by atoms with Crippen molar-refractivity contribution in [3.05, 3.63) is 23.8 Å². The summed E-state index contributed by atoms with van der Waals surface area (Å²) in [5.74, 6) is -0.0377. The number of carbonyl (C=O) groups excluding carboxylic acids is 2. The van der Waals surface area contributed by atoms with Crippen LogP contribution in [0.5, 0.6) is 0 Å². The minimum Gasteiger partial charge on any atom is -0.326 e. The molecule has 1 aromatic rings. The van der Waals surface area contributed by atoms with Crippen LogP contribution < -0.4 is 10.6 Å². The monoisotopic (exact) mass is 248 g/mol. The molecule has 0 saturated carbocycles. The molecule has 2 N–H and O–H groups in total. The molecular weight excluding hydrogens is 228 g/mol. The quantitative estimate of drug-likeness (QED) is 0.841. The summed E-state index contributed by atoms with van der Waals surface area (Å²) in [6, 6.07) is 5.50. The summed E-state index contributed by atoms with van der Waals surface area (Å²) in [6.45, 7) is 5.69. The molecule has 0 fully saturated rings. The summed E-state index contributed by atoms with van der Waals surface area (Å²) in [7, 11) is 0. The van der Waals surface area contributed by atoms with Gasteiger partial charge >= 0.3 is 0 Å². The van der Waals surface area contributed by atoms with Gasteiger partial charge in [0.05, 0.1) is 0 Å². The number of anilines is 2. The van der Waals surface area contributed by atoms with Crippen molar-refractivity contribution in [1.29, 1.82) is 0 Å². The third kappa shape index (κ3) is 4.20. The van der Waals surface area contributed by atoms with E-state index in [1.807, 2.05) is 26.0 Å². The lowest BCUT2D eigenvalue weighted by Gasteiger charge is -2.11. The topological polar surface area (TPSA) is 58.2 Å². The van der Waals surface area contributed by atoms with Gasteiger partial charge in [0.15, 0.2) is 0 Å². The Labute approximate surface area is 108 Å². The van der Waals surface area contributed by atoms with Crippen LogP contribution in [0.1, 0.15) is 38.7 Å². The molecule has 0 aromatic heterocycles. The van der Waals surface area contributed by atoms with Crippen molar-refractivity contribution < 1.29 is 9.59 Å². The normalized spacial score (nSPS) is 9.94. The Morgan fingerprint density at radius 2 is 1.83 bits per heavy atom. The van der Waals surface area contributed by atoms with Gasteiger partial charge in [-0.25, -0.2) is 0 Å². The second-order valence-electron chi connectivity index (χ2n) is 4.23. The van der Waals surface area contributed by atoms with Crippen LogP contribution in [-0.2, 0) is 9.59 Å². The SMILES string of the molecule is CCCC(=O)Nc1cc(NC(=O)CC)ccc1C. The number of hydrogen-bond donors (Lipinski definition) is 2. The predicted octanol–water partition coefficient (Wildman–Crippen LogP) is 3.08. The maximum Gasteiger partial charge on any atom is 0.224 e. The Morgan fingerprint density at radius 3 is 2.44 bits per heavy atom. The highest BCUT2D eigenvalue weighted by atomic mass is 16.2. The molecule has 0 radical (unpaired) electrons. The van der Waals surface area contributed by atoms with Crippen LogP contribution in [0, 0.1) is 6.92 Å². The third-order valence-corrected chi connectivity index (χ3v) is 2.59. The number of benzene rings is 1. The molecule has 1 rings (SSSR count). The molecule has 18 heavy (non-hydrogen) atoms. The van der Waals surface area contributed by atoms with E-state index in [0.717, 1.165) is 17.7 Å². The van der Waals surface area contributed by atoms with E-state index in [4.69, 9.17) is 0 Å². The van der Waals surface area contributed by atoms with Gasteiger partial charge in [0, 0.05) is 24.2 Å². The summed E-state index contributed by atoms with van der Waals surface area (Å²) in [4.78, 5) is 22.9. The first-order chi connectivity index (χ1) is 8.56. The second kappa shape index (κ2) is 6.79. The third-order valence-electron chi connectivity index (χ3n) is 2.59. The molecule has 0 bridgehead atoms.